The van der Waals surface area contributed by atoms with Gasteiger partial charge in [0.1, 0.15) is 4.90 Å². The van der Waals surface area contributed by atoms with E-state index in [0.717, 1.165) is 6.20 Å². The van der Waals surface area contributed by atoms with Gasteiger partial charge in [0.15, 0.2) is 0 Å². The van der Waals surface area contributed by atoms with Crippen molar-refractivity contribution in [3.05, 3.63) is 36.7 Å². The molecular formula is C9H7NO5S. The van der Waals surface area contributed by atoms with Crippen molar-refractivity contribution in [2.45, 2.75) is 4.90 Å². The molecule has 2 rings (SSSR count). The molecule has 0 atom stereocenters. The van der Waals surface area contributed by atoms with E-state index in [1.165, 1.54) is 18.4 Å². The lowest BCUT2D eigenvalue weighted by Gasteiger charge is -2.00. The van der Waals surface area contributed by atoms with Crippen molar-refractivity contribution >= 4 is 10.1 Å². The molecule has 0 unspecified atom stereocenters. The highest BCUT2D eigenvalue weighted by molar-refractivity contribution is 7.85. The summed E-state index contributed by atoms with van der Waals surface area (Å²) in [7, 11) is -4.22. The summed E-state index contributed by atoms with van der Waals surface area (Å²) in [5.41, 5.74) is 0. The van der Waals surface area contributed by atoms with Crippen molar-refractivity contribution in [3.63, 3.8) is 0 Å². The van der Waals surface area contributed by atoms with E-state index in [2.05, 4.69) is 4.98 Å². The Balaban J connectivity index is 2.20. The van der Waals surface area contributed by atoms with Crippen LogP contribution in [-0.4, -0.2) is 18.0 Å². The average molecular weight is 241 g/mol. The fraction of sp³-hybridized carbons (Fsp3) is 0. The Morgan fingerprint density at radius 1 is 1.31 bits per heavy atom. The minimum atomic E-state index is -4.22. The second kappa shape index (κ2) is 3.95. The summed E-state index contributed by atoms with van der Waals surface area (Å²) in [4.78, 5) is 3.41. The molecule has 2 aromatic heterocycles. The van der Waals surface area contributed by atoms with Crippen molar-refractivity contribution in [1.82, 2.24) is 4.98 Å². The van der Waals surface area contributed by atoms with Gasteiger partial charge in [-0.25, -0.2) is 4.98 Å². The van der Waals surface area contributed by atoms with E-state index in [-0.39, 0.29) is 16.7 Å². The molecule has 0 spiro atoms. The second-order valence-electron chi connectivity index (χ2n) is 2.84. The van der Waals surface area contributed by atoms with E-state index in [1.54, 1.807) is 12.1 Å². The molecule has 2 aromatic rings. The van der Waals surface area contributed by atoms with Gasteiger partial charge in [-0.3, -0.25) is 4.55 Å². The van der Waals surface area contributed by atoms with Crippen LogP contribution in [0.3, 0.4) is 0 Å². The van der Waals surface area contributed by atoms with Crippen LogP contribution >= 0.6 is 0 Å². The van der Waals surface area contributed by atoms with Gasteiger partial charge in [-0.2, -0.15) is 8.42 Å². The smallest absolute Gasteiger partial charge is 0.296 e. The summed E-state index contributed by atoms with van der Waals surface area (Å²) in [5, 5.41) is 0. The monoisotopic (exact) mass is 241 g/mol. The zero-order valence-corrected chi connectivity index (χ0v) is 8.72. The zero-order valence-electron chi connectivity index (χ0n) is 7.90. The van der Waals surface area contributed by atoms with Gasteiger partial charge in [0, 0.05) is 12.1 Å². The van der Waals surface area contributed by atoms with Crippen molar-refractivity contribution in [2.75, 3.05) is 0 Å². The van der Waals surface area contributed by atoms with E-state index in [1.807, 2.05) is 0 Å². The molecule has 0 saturated heterocycles. The number of ether oxygens (including phenoxy) is 1. The number of nitrogens with zero attached hydrogens (tertiary/aromatic N) is 1. The van der Waals surface area contributed by atoms with Gasteiger partial charge in [0.25, 0.3) is 16.1 Å². The van der Waals surface area contributed by atoms with Gasteiger partial charge in [0.05, 0.1) is 12.5 Å². The summed E-state index contributed by atoms with van der Waals surface area (Å²) in [6.07, 6.45) is 2.43. The van der Waals surface area contributed by atoms with Crippen LogP contribution in [0, 0.1) is 0 Å². The summed E-state index contributed by atoms with van der Waals surface area (Å²) in [6, 6.07) is 5.71. The summed E-state index contributed by atoms with van der Waals surface area (Å²) >= 11 is 0. The third-order valence-electron chi connectivity index (χ3n) is 1.71. The lowest BCUT2D eigenvalue weighted by atomic mass is 10.5. The average Bonchev–Trinajstić information content (AvgIpc) is 2.70. The van der Waals surface area contributed by atoms with Crippen molar-refractivity contribution in [1.29, 1.82) is 0 Å². The third kappa shape index (κ3) is 2.38. The molecule has 6 nitrogen and oxygen atoms in total. The molecule has 0 saturated carbocycles. The van der Waals surface area contributed by atoms with Gasteiger partial charge in [-0.1, -0.05) is 0 Å². The Hall–Kier alpha value is -1.86. The topological polar surface area (TPSA) is 89.6 Å². The second-order valence-corrected chi connectivity index (χ2v) is 4.26. The Labute approximate surface area is 91.2 Å². The Morgan fingerprint density at radius 3 is 2.62 bits per heavy atom. The first-order valence-electron chi connectivity index (χ1n) is 4.20. The first-order valence-corrected chi connectivity index (χ1v) is 5.64. The molecule has 0 radical (unpaired) electrons. The summed E-state index contributed by atoms with van der Waals surface area (Å²) < 4.78 is 40.2. The van der Waals surface area contributed by atoms with Gasteiger partial charge in [-0.15, -0.1) is 0 Å². The SMILES string of the molecule is O=S(=O)(O)c1ccc(Oc2ccco2)nc1. The molecule has 0 aliphatic carbocycles. The molecular weight excluding hydrogens is 234 g/mol. The molecule has 0 amide bonds. The Bertz CT molecular complexity index is 558. The quantitative estimate of drug-likeness (QED) is 0.823. The maximum atomic E-state index is 10.7. The van der Waals surface area contributed by atoms with E-state index in [4.69, 9.17) is 13.7 Å². The van der Waals surface area contributed by atoms with Crippen LogP contribution in [-0.2, 0) is 10.1 Å². The minimum absolute atomic E-state index is 0.169. The van der Waals surface area contributed by atoms with Crippen molar-refractivity contribution < 1.29 is 22.1 Å². The van der Waals surface area contributed by atoms with E-state index in [0.29, 0.717) is 0 Å². The van der Waals surface area contributed by atoms with Gasteiger partial charge in [0.2, 0.25) is 5.88 Å². The Morgan fingerprint density at radius 2 is 2.12 bits per heavy atom. The van der Waals surface area contributed by atoms with Gasteiger partial charge < -0.3 is 9.15 Å². The minimum Gasteiger partial charge on any atom is -0.434 e. The van der Waals surface area contributed by atoms with E-state index < -0.39 is 10.1 Å². The molecule has 0 fully saturated rings. The molecule has 0 aliphatic rings. The fourth-order valence-corrected chi connectivity index (χ4v) is 1.43. The number of hydrogen-bond acceptors (Lipinski definition) is 5. The fourth-order valence-electron chi connectivity index (χ4n) is 1.00. The lowest BCUT2D eigenvalue weighted by Crippen LogP contribution is -1.98. The third-order valence-corrected chi connectivity index (χ3v) is 2.54. The molecule has 84 valence electrons. The van der Waals surface area contributed by atoms with E-state index in [9.17, 15) is 8.42 Å². The first-order chi connectivity index (χ1) is 7.55. The van der Waals surface area contributed by atoms with Crippen LogP contribution < -0.4 is 4.74 Å². The van der Waals surface area contributed by atoms with Crippen LogP contribution in [0.25, 0.3) is 0 Å². The number of hydrogen-bond donors (Lipinski definition) is 1. The molecule has 0 aromatic carbocycles. The lowest BCUT2D eigenvalue weighted by molar-refractivity contribution is 0.337. The van der Waals surface area contributed by atoms with Crippen molar-refractivity contribution in [2.24, 2.45) is 0 Å². The number of aromatic nitrogens is 1. The number of rotatable bonds is 3. The summed E-state index contributed by atoms with van der Waals surface area (Å²) in [5.74, 6) is 0.412. The largest absolute Gasteiger partial charge is 0.434 e. The van der Waals surface area contributed by atoms with Gasteiger partial charge >= 0.3 is 0 Å². The van der Waals surface area contributed by atoms with Crippen LogP contribution in [0.4, 0.5) is 0 Å². The maximum Gasteiger partial charge on any atom is 0.296 e. The molecule has 1 N–H and O–H groups in total. The molecule has 0 aliphatic heterocycles. The number of furan rings is 1. The highest BCUT2D eigenvalue weighted by Crippen LogP contribution is 2.20. The zero-order chi connectivity index (χ0) is 11.6. The standard InChI is InChI=1S/C9H7NO5S/c11-16(12,13)7-3-4-8(10-6-7)15-9-2-1-5-14-9/h1-6H,(H,11,12,13). The predicted molar refractivity (Wildman–Crippen MR) is 52.8 cm³/mol. The predicted octanol–water partition coefficient (Wildman–Crippen LogP) is 1.71. The molecule has 0 bridgehead atoms. The van der Waals surface area contributed by atoms with Gasteiger partial charge in [-0.05, 0) is 12.1 Å². The van der Waals surface area contributed by atoms with Crippen molar-refractivity contribution in [3.8, 4) is 11.8 Å². The van der Waals surface area contributed by atoms with E-state index >= 15 is 0 Å². The normalized spacial score (nSPS) is 11.3. The first kappa shape index (κ1) is 10.7. The van der Waals surface area contributed by atoms with Crippen LogP contribution in [0.2, 0.25) is 0 Å². The van der Waals surface area contributed by atoms with Crippen LogP contribution in [0.1, 0.15) is 0 Å². The highest BCUT2D eigenvalue weighted by Gasteiger charge is 2.10. The highest BCUT2D eigenvalue weighted by atomic mass is 32.2. The molecule has 2 heterocycles. The Kier molecular flexibility index (Phi) is 2.63. The molecule has 7 heteroatoms. The van der Waals surface area contributed by atoms with Crippen LogP contribution in [0.15, 0.2) is 46.0 Å². The molecule has 16 heavy (non-hydrogen) atoms. The van der Waals surface area contributed by atoms with Crippen LogP contribution in [0.5, 0.6) is 11.8 Å². The summed E-state index contributed by atoms with van der Waals surface area (Å²) in [6.45, 7) is 0. The number of pyridine rings is 1. The maximum absolute atomic E-state index is 10.7.